The van der Waals surface area contributed by atoms with Crippen LogP contribution >= 0.6 is 0 Å². The van der Waals surface area contributed by atoms with Gasteiger partial charge < -0.3 is 20.1 Å². The van der Waals surface area contributed by atoms with Crippen molar-refractivity contribution >= 4 is 18.0 Å². The lowest BCUT2D eigenvalue weighted by molar-refractivity contribution is 0.0487. The van der Waals surface area contributed by atoms with E-state index in [1.807, 2.05) is 30.3 Å². The summed E-state index contributed by atoms with van der Waals surface area (Å²) < 4.78 is 10.4. The summed E-state index contributed by atoms with van der Waals surface area (Å²) in [7, 11) is 0. The van der Waals surface area contributed by atoms with Crippen molar-refractivity contribution in [1.82, 2.24) is 15.6 Å². The first-order chi connectivity index (χ1) is 15.2. The molecule has 8 heteroatoms. The standard InChI is InChI=1S/C24H31N3O5/c1-24(2,3)32-23(30)27-20(21(28)19-13-7-9-15-25-19)14-8-10-16-26-22(29)31-17-18-11-5-4-6-12-18/h4-7,9,11-13,15,20H,8,10,14,16-17H2,1-3H3,(H,26,29)(H,27,30)/t20-/m0/s1. The molecule has 2 amide bonds. The van der Waals surface area contributed by atoms with Crippen LogP contribution in [0.1, 0.15) is 56.1 Å². The van der Waals surface area contributed by atoms with Gasteiger partial charge in [-0.05, 0) is 57.7 Å². The van der Waals surface area contributed by atoms with Gasteiger partial charge in [-0.2, -0.15) is 0 Å². The zero-order chi connectivity index (χ0) is 23.4. The van der Waals surface area contributed by atoms with Crippen molar-refractivity contribution in [3.63, 3.8) is 0 Å². The first-order valence-electron chi connectivity index (χ1n) is 10.6. The Morgan fingerprint density at radius 3 is 2.34 bits per heavy atom. The second kappa shape index (κ2) is 12.4. The highest BCUT2D eigenvalue weighted by molar-refractivity contribution is 5.99. The van der Waals surface area contributed by atoms with Crippen molar-refractivity contribution in [2.24, 2.45) is 0 Å². The summed E-state index contributed by atoms with van der Waals surface area (Å²) in [6.45, 7) is 5.86. The average molecular weight is 442 g/mol. The zero-order valence-electron chi connectivity index (χ0n) is 18.8. The molecule has 0 fully saturated rings. The minimum Gasteiger partial charge on any atom is -0.445 e. The number of carbonyl (C=O) groups excluding carboxylic acids is 3. The van der Waals surface area contributed by atoms with Crippen LogP contribution in [-0.2, 0) is 16.1 Å². The van der Waals surface area contributed by atoms with E-state index in [2.05, 4.69) is 15.6 Å². The molecule has 0 radical (unpaired) electrons. The Balaban J connectivity index is 1.79. The molecule has 0 aliphatic heterocycles. The Morgan fingerprint density at radius 1 is 0.969 bits per heavy atom. The molecule has 1 heterocycles. The third-order valence-electron chi connectivity index (χ3n) is 4.33. The number of aromatic nitrogens is 1. The second-order valence-corrected chi connectivity index (χ2v) is 8.26. The summed E-state index contributed by atoms with van der Waals surface area (Å²) in [5, 5.41) is 5.34. The van der Waals surface area contributed by atoms with Gasteiger partial charge in [-0.1, -0.05) is 36.4 Å². The molecular formula is C24H31N3O5. The number of carbonyl (C=O) groups is 3. The molecule has 2 N–H and O–H groups in total. The van der Waals surface area contributed by atoms with E-state index in [-0.39, 0.29) is 18.1 Å². The monoisotopic (exact) mass is 441 g/mol. The lowest BCUT2D eigenvalue weighted by Gasteiger charge is -2.23. The summed E-state index contributed by atoms with van der Waals surface area (Å²) in [5.41, 5.74) is 0.509. The van der Waals surface area contributed by atoms with Crippen LogP contribution in [0.5, 0.6) is 0 Å². The van der Waals surface area contributed by atoms with Crippen molar-refractivity contribution in [2.75, 3.05) is 6.54 Å². The molecule has 2 aromatic rings. The van der Waals surface area contributed by atoms with Gasteiger partial charge in [-0.15, -0.1) is 0 Å². The number of rotatable bonds is 10. The number of ether oxygens (including phenoxy) is 2. The van der Waals surface area contributed by atoms with Crippen LogP contribution in [0, 0.1) is 0 Å². The van der Waals surface area contributed by atoms with Gasteiger partial charge in [-0.3, -0.25) is 9.78 Å². The maximum atomic E-state index is 12.8. The largest absolute Gasteiger partial charge is 0.445 e. The highest BCUT2D eigenvalue weighted by atomic mass is 16.6. The average Bonchev–Trinajstić information content (AvgIpc) is 2.76. The van der Waals surface area contributed by atoms with Crippen molar-refractivity contribution in [3.8, 4) is 0 Å². The van der Waals surface area contributed by atoms with Crippen molar-refractivity contribution < 1.29 is 23.9 Å². The SMILES string of the molecule is CC(C)(C)OC(=O)N[C@@H](CCCCNC(=O)OCc1ccccc1)C(=O)c1ccccn1. The number of hydrogen-bond donors (Lipinski definition) is 2. The fourth-order valence-electron chi connectivity index (χ4n) is 2.84. The van der Waals surface area contributed by atoms with E-state index in [0.29, 0.717) is 25.8 Å². The van der Waals surface area contributed by atoms with E-state index in [0.717, 1.165) is 5.56 Å². The van der Waals surface area contributed by atoms with E-state index in [4.69, 9.17) is 9.47 Å². The molecule has 0 aliphatic rings. The number of alkyl carbamates (subject to hydrolysis) is 2. The zero-order valence-corrected chi connectivity index (χ0v) is 18.8. The third-order valence-corrected chi connectivity index (χ3v) is 4.33. The van der Waals surface area contributed by atoms with Crippen molar-refractivity contribution in [3.05, 3.63) is 66.0 Å². The number of hydrogen-bond acceptors (Lipinski definition) is 6. The molecule has 0 unspecified atom stereocenters. The molecule has 0 saturated carbocycles. The van der Waals surface area contributed by atoms with Gasteiger partial charge in [0.1, 0.15) is 17.9 Å². The van der Waals surface area contributed by atoms with Gasteiger partial charge in [0.25, 0.3) is 0 Å². The lowest BCUT2D eigenvalue weighted by atomic mass is 10.0. The lowest BCUT2D eigenvalue weighted by Crippen LogP contribution is -2.43. The molecule has 172 valence electrons. The van der Waals surface area contributed by atoms with Gasteiger partial charge >= 0.3 is 12.2 Å². The van der Waals surface area contributed by atoms with E-state index in [1.54, 1.807) is 39.0 Å². The summed E-state index contributed by atoms with van der Waals surface area (Å²) >= 11 is 0. The summed E-state index contributed by atoms with van der Waals surface area (Å²) in [5.74, 6) is -0.285. The maximum absolute atomic E-state index is 12.8. The number of nitrogens with one attached hydrogen (secondary N) is 2. The number of nitrogens with zero attached hydrogens (tertiary/aromatic N) is 1. The number of Topliss-reactive ketones (excluding diaryl/α,β-unsaturated/α-hetero) is 1. The molecular weight excluding hydrogens is 410 g/mol. The Morgan fingerprint density at radius 2 is 1.69 bits per heavy atom. The smallest absolute Gasteiger partial charge is 0.408 e. The van der Waals surface area contributed by atoms with Crippen LogP contribution < -0.4 is 10.6 Å². The number of unbranched alkanes of at least 4 members (excludes halogenated alkanes) is 1. The first-order valence-corrected chi connectivity index (χ1v) is 10.6. The molecule has 32 heavy (non-hydrogen) atoms. The fraction of sp³-hybridized carbons (Fsp3) is 0.417. The molecule has 1 atom stereocenters. The quantitative estimate of drug-likeness (QED) is 0.422. The van der Waals surface area contributed by atoms with E-state index >= 15 is 0 Å². The van der Waals surface area contributed by atoms with Crippen LogP contribution in [0.4, 0.5) is 9.59 Å². The van der Waals surface area contributed by atoms with E-state index in [9.17, 15) is 14.4 Å². The van der Waals surface area contributed by atoms with Crippen LogP contribution in [-0.4, -0.2) is 41.1 Å². The molecule has 0 saturated heterocycles. The predicted molar refractivity (Wildman–Crippen MR) is 120 cm³/mol. The topological polar surface area (TPSA) is 107 Å². The van der Waals surface area contributed by atoms with Crippen LogP contribution in [0.2, 0.25) is 0 Å². The molecule has 2 rings (SSSR count). The number of amides is 2. The van der Waals surface area contributed by atoms with Gasteiger partial charge in [0.15, 0.2) is 0 Å². The Bertz CT molecular complexity index is 866. The molecule has 8 nitrogen and oxygen atoms in total. The van der Waals surface area contributed by atoms with E-state index in [1.165, 1.54) is 6.20 Å². The van der Waals surface area contributed by atoms with Gasteiger partial charge in [0.05, 0.1) is 6.04 Å². The molecule has 1 aromatic carbocycles. The van der Waals surface area contributed by atoms with Gasteiger partial charge in [0, 0.05) is 12.7 Å². The Hall–Kier alpha value is -3.42. The fourth-order valence-corrected chi connectivity index (χ4v) is 2.84. The van der Waals surface area contributed by atoms with E-state index < -0.39 is 23.8 Å². The number of pyridine rings is 1. The third kappa shape index (κ3) is 9.59. The Labute approximate surface area is 188 Å². The summed E-state index contributed by atoms with van der Waals surface area (Å²) in [6, 6.07) is 13.7. The van der Waals surface area contributed by atoms with Crippen molar-refractivity contribution in [1.29, 1.82) is 0 Å². The molecule has 0 bridgehead atoms. The number of benzene rings is 1. The summed E-state index contributed by atoms with van der Waals surface area (Å²) in [4.78, 5) is 40.9. The molecule has 0 aliphatic carbocycles. The predicted octanol–water partition coefficient (Wildman–Crippen LogP) is 4.25. The van der Waals surface area contributed by atoms with Crippen LogP contribution in [0.15, 0.2) is 54.7 Å². The minimum absolute atomic E-state index is 0.202. The van der Waals surface area contributed by atoms with Crippen LogP contribution in [0.3, 0.4) is 0 Å². The minimum atomic E-state index is -0.773. The second-order valence-electron chi connectivity index (χ2n) is 8.26. The highest BCUT2D eigenvalue weighted by Gasteiger charge is 2.25. The normalized spacial score (nSPS) is 11.8. The summed E-state index contributed by atoms with van der Waals surface area (Å²) in [6.07, 6.45) is 1.97. The Kier molecular flexibility index (Phi) is 9.66. The maximum Gasteiger partial charge on any atom is 0.408 e. The van der Waals surface area contributed by atoms with Crippen LogP contribution in [0.25, 0.3) is 0 Å². The molecule has 0 spiro atoms. The first kappa shape index (κ1) is 24.8. The van der Waals surface area contributed by atoms with Gasteiger partial charge in [-0.25, -0.2) is 9.59 Å². The highest BCUT2D eigenvalue weighted by Crippen LogP contribution is 2.11. The number of ketones is 1. The molecule has 1 aromatic heterocycles. The van der Waals surface area contributed by atoms with Gasteiger partial charge in [0.2, 0.25) is 5.78 Å². The van der Waals surface area contributed by atoms with Crippen molar-refractivity contribution in [2.45, 2.75) is 58.3 Å².